The molecule has 1 aliphatic rings. The van der Waals surface area contributed by atoms with Gasteiger partial charge in [-0.3, -0.25) is 4.79 Å². The first-order valence-corrected chi connectivity index (χ1v) is 8.10. The van der Waals surface area contributed by atoms with Crippen LogP contribution < -0.4 is 4.74 Å². The Kier molecular flexibility index (Phi) is 5.89. The van der Waals surface area contributed by atoms with Crippen LogP contribution in [0.15, 0.2) is 28.7 Å². The first kappa shape index (κ1) is 15.4. The number of amides is 1. The Balaban J connectivity index is 1.84. The van der Waals surface area contributed by atoms with Gasteiger partial charge in [0.2, 0.25) is 0 Å². The smallest absolute Gasteiger partial charge is 0.260 e. The number of benzene rings is 1. The van der Waals surface area contributed by atoms with E-state index in [9.17, 15) is 4.79 Å². The summed E-state index contributed by atoms with van der Waals surface area (Å²) >= 11 is 3.39. The topological polar surface area (TPSA) is 29.5 Å². The highest BCUT2D eigenvalue weighted by Crippen LogP contribution is 2.21. The van der Waals surface area contributed by atoms with E-state index in [0.29, 0.717) is 6.04 Å². The van der Waals surface area contributed by atoms with Gasteiger partial charge in [0.05, 0.1) is 0 Å². The van der Waals surface area contributed by atoms with Crippen molar-refractivity contribution in [3.8, 4) is 5.75 Å². The van der Waals surface area contributed by atoms with E-state index in [2.05, 4.69) is 15.9 Å². The van der Waals surface area contributed by atoms with Gasteiger partial charge in [-0.15, -0.1) is 0 Å². The molecule has 1 aromatic rings. The third kappa shape index (κ3) is 4.51. The molecule has 0 aliphatic heterocycles. The lowest BCUT2D eigenvalue weighted by molar-refractivity contribution is -0.134. The van der Waals surface area contributed by atoms with Gasteiger partial charge >= 0.3 is 0 Å². The largest absolute Gasteiger partial charge is 0.484 e. The lowest BCUT2D eigenvalue weighted by atomic mass is 10.1. The Labute approximate surface area is 129 Å². The van der Waals surface area contributed by atoms with Gasteiger partial charge in [-0.1, -0.05) is 47.7 Å². The number of carbonyl (C=O) groups excluding carboxylic acids is 1. The Morgan fingerprint density at radius 2 is 2.00 bits per heavy atom. The normalized spacial score (nSPS) is 16.5. The summed E-state index contributed by atoms with van der Waals surface area (Å²) in [6.07, 6.45) is 7.31. The number of carbonyl (C=O) groups is 1. The molecule has 0 atom stereocenters. The van der Waals surface area contributed by atoms with Crippen LogP contribution in [0.2, 0.25) is 0 Å². The molecule has 0 N–H and O–H groups in total. The number of likely N-dealkylation sites (N-methyl/N-ethyl adjacent to an activating group) is 1. The Morgan fingerprint density at radius 3 is 2.65 bits per heavy atom. The van der Waals surface area contributed by atoms with Crippen LogP contribution in [-0.2, 0) is 4.79 Å². The van der Waals surface area contributed by atoms with E-state index in [1.807, 2.05) is 36.2 Å². The zero-order valence-corrected chi connectivity index (χ0v) is 13.6. The van der Waals surface area contributed by atoms with Crippen LogP contribution in [0.25, 0.3) is 0 Å². The minimum atomic E-state index is 0.0666. The van der Waals surface area contributed by atoms with Gasteiger partial charge in [-0.05, 0) is 31.0 Å². The summed E-state index contributed by atoms with van der Waals surface area (Å²) in [5.74, 6) is 0.791. The van der Waals surface area contributed by atoms with Crippen LogP contribution in [0.5, 0.6) is 5.75 Å². The standard InChI is InChI=1S/C16H22BrNO2/c1-18(14-8-4-2-3-5-9-14)16(19)12-20-15-10-6-7-13(17)11-15/h6-7,10-11,14H,2-5,8-9,12H2,1H3. The van der Waals surface area contributed by atoms with E-state index in [-0.39, 0.29) is 12.5 Å². The Bertz CT molecular complexity index is 442. The van der Waals surface area contributed by atoms with Crippen molar-refractivity contribution in [1.82, 2.24) is 4.90 Å². The van der Waals surface area contributed by atoms with Crippen molar-refractivity contribution in [2.24, 2.45) is 0 Å². The summed E-state index contributed by atoms with van der Waals surface area (Å²) in [5.41, 5.74) is 0. The van der Waals surface area contributed by atoms with Crippen molar-refractivity contribution in [2.45, 2.75) is 44.6 Å². The SMILES string of the molecule is CN(C(=O)COc1cccc(Br)c1)C1CCCCCC1. The van der Waals surface area contributed by atoms with Gasteiger partial charge in [0, 0.05) is 17.6 Å². The lowest BCUT2D eigenvalue weighted by Gasteiger charge is -2.27. The molecule has 0 aromatic heterocycles. The highest BCUT2D eigenvalue weighted by molar-refractivity contribution is 9.10. The number of ether oxygens (including phenoxy) is 1. The number of rotatable bonds is 4. The number of nitrogens with zero attached hydrogens (tertiary/aromatic N) is 1. The van der Waals surface area contributed by atoms with E-state index in [4.69, 9.17) is 4.74 Å². The molecule has 0 unspecified atom stereocenters. The third-order valence-electron chi connectivity index (χ3n) is 3.92. The predicted octanol–water partition coefficient (Wildman–Crippen LogP) is 4.01. The summed E-state index contributed by atoms with van der Waals surface area (Å²) in [6.45, 7) is 0.115. The molecule has 1 aromatic carbocycles. The highest BCUT2D eigenvalue weighted by atomic mass is 79.9. The molecule has 1 fully saturated rings. The molecule has 1 amide bonds. The average Bonchev–Trinajstić information content (AvgIpc) is 2.73. The molecule has 0 heterocycles. The number of hydrogen-bond donors (Lipinski definition) is 0. The second-order valence-corrected chi connectivity index (χ2v) is 6.31. The van der Waals surface area contributed by atoms with Crippen molar-refractivity contribution in [2.75, 3.05) is 13.7 Å². The maximum atomic E-state index is 12.2. The average molecular weight is 340 g/mol. The summed E-state index contributed by atoms with van der Waals surface area (Å²) < 4.78 is 6.53. The van der Waals surface area contributed by atoms with Crippen molar-refractivity contribution in [3.05, 3.63) is 28.7 Å². The van der Waals surface area contributed by atoms with Crippen molar-refractivity contribution < 1.29 is 9.53 Å². The number of hydrogen-bond acceptors (Lipinski definition) is 2. The molecule has 4 heteroatoms. The maximum absolute atomic E-state index is 12.2. The number of halogens is 1. The van der Waals surface area contributed by atoms with Crippen LogP contribution in [0, 0.1) is 0 Å². The van der Waals surface area contributed by atoms with Crippen molar-refractivity contribution in [1.29, 1.82) is 0 Å². The Hall–Kier alpha value is -1.03. The minimum Gasteiger partial charge on any atom is -0.484 e. The molecule has 0 radical (unpaired) electrons. The van der Waals surface area contributed by atoms with Crippen molar-refractivity contribution >= 4 is 21.8 Å². The van der Waals surface area contributed by atoms with E-state index >= 15 is 0 Å². The molecule has 1 saturated carbocycles. The van der Waals surface area contributed by atoms with Gasteiger partial charge in [-0.25, -0.2) is 0 Å². The van der Waals surface area contributed by atoms with Gasteiger partial charge in [0.25, 0.3) is 5.91 Å². The van der Waals surface area contributed by atoms with Crippen LogP contribution in [0.1, 0.15) is 38.5 Å². The molecule has 0 spiro atoms. The van der Waals surface area contributed by atoms with Crippen LogP contribution in [0.4, 0.5) is 0 Å². The quantitative estimate of drug-likeness (QED) is 0.775. The predicted molar refractivity (Wildman–Crippen MR) is 83.9 cm³/mol. The monoisotopic (exact) mass is 339 g/mol. The summed E-state index contributed by atoms with van der Waals surface area (Å²) in [7, 11) is 1.91. The molecule has 3 nitrogen and oxygen atoms in total. The van der Waals surface area contributed by atoms with E-state index in [1.165, 1.54) is 25.7 Å². The Morgan fingerprint density at radius 1 is 1.30 bits per heavy atom. The minimum absolute atomic E-state index is 0.0666. The fourth-order valence-electron chi connectivity index (χ4n) is 2.65. The van der Waals surface area contributed by atoms with Gasteiger partial charge in [0.15, 0.2) is 6.61 Å². The third-order valence-corrected chi connectivity index (χ3v) is 4.42. The van der Waals surface area contributed by atoms with Gasteiger partial charge < -0.3 is 9.64 Å². The molecule has 0 saturated heterocycles. The second-order valence-electron chi connectivity index (χ2n) is 5.40. The van der Waals surface area contributed by atoms with Crippen LogP contribution in [0.3, 0.4) is 0 Å². The zero-order valence-electron chi connectivity index (χ0n) is 12.0. The lowest BCUT2D eigenvalue weighted by Crippen LogP contribution is -2.39. The van der Waals surface area contributed by atoms with E-state index in [0.717, 1.165) is 23.1 Å². The van der Waals surface area contributed by atoms with Crippen LogP contribution in [-0.4, -0.2) is 30.5 Å². The second kappa shape index (κ2) is 7.67. The molecular formula is C16H22BrNO2. The zero-order chi connectivity index (χ0) is 14.4. The van der Waals surface area contributed by atoms with Gasteiger partial charge in [-0.2, -0.15) is 0 Å². The summed E-state index contributed by atoms with van der Waals surface area (Å²) in [6, 6.07) is 7.96. The van der Waals surface area contributed by atoms with Crippen LogP contribution >= 0.6 is 15.9 Å². The summed E-state index contributed by atoms with van der Waals surface area (Å²) in [5, 5.41) is 0. The van der Waals surface area contributed by atoms with Crippen molar-refractivity contribution in [3.63, 3.8) is 0 Å². The highest BCUT2D eigenvalue weighted by Gasteiger charge is 2.21. The van der Waals surface area contributed by atoms with E-state index in [1.54, 1.807) is 0 Å². The fraction of sp³-hybridized carbons (Fsp3) is 0.562. The maximum Gasteiger partial charge on any atom is 0.260 e. The molecular weight excluding hydrogens is 318 g/mol. The molecule has 2 rings (SSSR count). The first-order valence-electron chi connectivity index (χ1n) is 7.31. The fourth-order valence-corrected chi connectivity index (χ4v) is 3.03. The van der Waals surface area contributed by atoms with Gasteiger partial charge in [0.1, 0.15) is 5.75 Å². The molecule has 1 aliphatic carbocycles. The summed E-state index contributed by atoms with van der Waals surface area (Å²) in [4.78, 5) is 14.1. The molecule has 0 bridgehead atoms. The molecule has 110 valence electrons. The molecule has 20 heavy (non-hydrogen) atoms. The van der Waals surface area contributed by atoms with E-state index < -0.39 is 0 Å². The first-order chi connectivity index (χ1) is 9.66.